The lowest BCUT2D eigenvalue weighted by molar-refractivity contribution is -0.139. The Hall–Kier alpha value is -1.38. The van der Waals surface area contributed by atoms with Crippen LogP contribution in [0.3, 0.4) is 0 Å². The van der Waals surface area contributed by atoms with Crippen LogP contribution in [0, 0.1) is 18.7 Å². The van der Waals surface area contributed by atoms with Crippen molar-refractivity contribution in [1.82, 2.24) is 0 Å². The molecule has 0 spiro atoms. The SMILES string of the molecule is Cc1cc(C(C(=O)O)C2CC2)ccc1F. The smallest absolute Gasteiger partial charge is 0.311 e. The average Bonchev–Trinajstić information content (AvgIpc) is 2.95. The highest BCUT2D eigenvalue weighted by Gasteiger charge is 2.37. The minimum absolute atomic E-state index is 0.243. The molecule has 0 heterocycles. The van der Waals surface area contributed by atoms with Gasteiger partial charge in [-0.15, -0.1) is 0 Å². The summed E-state index contributed by atoms with van der Waals surface area (Å²) in [6.45, 7) is 1.66. The number of carboxylic acids is 1. The van der Waals surface area contributed by atoms with Crippen LogP contribution in [0.25, 0.3) is 0 Å². The number of hydrogen-bond acceptors (Lipinski definition) is 1. The van der Waals surface area contributed by atoms with E-state index in [1.165, 1.54) is 6.07 Å². The van der Waals surface area contributed by atoms with Crippen molar-refractivity contribution in [3.63, 3.8) is 0 Å². The standard InChI is InChI=1S/C12H13FO2/c1-7-6-9(4-5-10(7)13)11(12(14)15)8-2-3-8/h4-6,8,11H,2-3H2,1H3,(H,14,15). The summed E-state index contributed by atoms with van der Waals surface area (Å²) >= 11 is 0. The highest BCUT2D eigenvalue weighted by atomic mass is 19.1. The van der Waals surface area contributed by atoms with Gasteiger partial charge >= 0.3 is 5.97 Å². The summed E-state index contributed by atoms with van der Waals surface area (Å²) in [5.41, 5.74) is 1.24. The first kappa shape index (κ1) is 10.1. The fourth-order valence-corrected chi connectivity index (χ4v) is 1.91. The van der Waals surface area contributed by atoms with E-state index in [4.69, 9.17) is 5.11 Å². The second kappa shape index (κ2) is 3.65. The summed E-state index contributed by atoms with van der Waals surface area (Å²) in [7, 11) is 0. The van der Waals surface area contributed by atoms with Gasteiger partial charge in [0.25, 0.3) is 0 Å². The molecule has 0 saturated heterocycles. The molecule has 0 amide bonds. The predicted octanol–water partition coefficient (Wildman–Crippen LogP) is 2.71. The molecule has 0 aromatic heterocycles. The Morgan fingerprint density at radius 3 is 2.67 bits per heavy atom. The van der Waals surface area contributed by atoms with Crippen LogP contribution in [0.1, 0.15) is 29.9 Å². The summed E-state index contributed by atoms with van der Waals surface area (Å²) in [6, 6.07) is 4.58. The first-order valence-corrected chi connectivity index (χ1v) is 5.08. The van der Waals surface area contributed by atoms with Gasteiger partial charge in [0.2, 0.25) is 0 Å². The fourth-order valence-electron chi connectivity index (χ4n) is 1.91. The number of aliphatic carboxylic acids is 1. The van der Waals surface area contributed by atoms with Gasteiger partial charge in [0.05, 0.1) is 5.92 Å². The Kier molecular flexibility index (Phi) is 2.47. The quantitative estimate of drug-likeness (QED) is 0.829. The molecule has 15 heavy (non-hydrogen) atoms. The van der Waals surface area contributed by atoms with Gasteiger partial charge in [-0.1, -0.05) is 12.1 Å². The zero-order valence-electron chi connectivity index (χ0n) is 8.53. The molecule has 0 radical (unpaired) electrons. The second-order valence-electron chi connectivity index (χ2n) is 4.16. The first-order chi connectivity index (χ1) is 7.09. The zero-order valence-corrected chi connectivity index (χ0v) is 8.53. The molecule has 1 aromatic carbocycles. The second-order valence-corrected chi connectivity index (χ2v) is 4.16. The molecule has 1 saturated carbocycles. The lowest BCUT2D eigenvalue weighted by Crippen LogP contribution is -2.13. The van der Waals surface area contributed by atoms with E-state index in [-0.39, 0.29) is 11.7 Å². The van der Waals surface area contributed by atoms with Gasteiger partial charge in [-0.3, -0.25) is 4.79 Å². The minimum atomic E-state index is -0.802. The molecule has 0 aliphatic heterocycles. The maximum atomic E-state index is 13.0. The summed E-state index contributed by atoms with van der Waals surface area (Å²) in [6.07, 6.45) is 1.93. The Morgan fingerprint density at radius 1 is 1.53 bits per heavy atom. The molecule has 1 unspecified atom stereocenters. The zero-order chi connectivity index (χ0) is 11.0. The van der Waals surface area contributed by atoms with Crippen LogP contribution in [0.4, 0.5) is 4.39 Å². The van der Waals surface area contributed by atoms with Crippen LogP contribution in [0.15, 0.2) is 18.2 Å². The van der Waals surface area contributed by atoms with E-state index < -0.39 is 11.9 Å². The molecule has 1 atom stereocenters. The third-order valence-corrected chi connectivity index (χ3v) is 2.90. The monoisotopic (exact) mass is 208 g/mol. The molecule has 0 bridgehead atoms. The Labute approximate surface area is 87.7 Å². The van der Waals surface area contributed by atoms with E-state index in [9.17, 15) is 9.18 Å². The van der Waals surface area contributed by atoms with Crippen molar-refractivity contribution in [2.24, 2.45) is 5.92 Å². The largest absolute Gasteiger partial charge is 0.481 e. The first-order valence-electron chi connectivity index (χ1n) is 5.08. The lowest BCUT2D eigenvalue weighted by Gasteiger charge is -2.12. The van der Waals surface area contributed by atoms with Gasteiger partial charge in [0, 0.05) is 0 Å². The van der Waals surface area contributed by atoms with Crippen molar-refractivity contribution in [2.75, 3.05) is 0 Å². The molecule has 1 N–H and O–H groups in total. The van der Waals surface area contributed by atoms with Crippen LogP contribution in [-0.2, 0) is 4.79 Å². The predicted molar refractivity (Wildman–Crippen MR) is 54.2 cm³/mol. The van der Waals surface area contributed by atoms with Gasteiger partial charge in [-0.2, -0.15) is 0 Å². The molecule has 1 fully saturated rings. The minimum Gasteiger partial charge on any atom is -0.481 e. The van der Waals surface area contributed by atoms with E-state index in [2.05, 4.69) is 0 Å². The molecule has 2 rings (SSSR count). The Bertz CT molecular complexity index is 397. The summed E-state index contributed by atoms with van der Waals surface area (Å²) in [5, 5.41) is 9.10. The van der Waals surface area contributed by atoms with Gasteiger partial charge in [0.1, 0.15) is 5.82 Å². The molecule has 2 nitrogen and oxygen atoms in total. The van der Waals surface area contributed by atoms with Crippen LogP contribution < -0.4 is 0 Å². The molecule has 1 aliphatic carbocycles. The normalized spacial score (nSPS) is 17.5. The van der Waals surface area contributed by atoms with E-state index in [1.807, 2.05) is 0 Å². The van der Waals surface area contributed by atoms with Crippen LogP contribution in [0.2, 0.25) is 0 Å². The van der Waals surface area contributed by atoms with Crippen molar-refractivity contribution in [1.29, 1.82) is 0 Å². The van der Waals surface area contributed by atoms with Gasteiger partial charge < -0.3 is 5.11 Å². The highest BCUT2D eigenvalue weighted by molar-refractivity contribution is 5.77. The van der Waals surface area contributed by atoms with E-state index in [0.29, 0.717) is 5.56 Å². The molecule has 1 aromatic rings. The maximum Gasteiger partial charge on any atom is 0.311 e. The van der Waals surface area contributed by atoms with Crippen molar-refractivity contribution in [3.05, 3.63) is 35.1 Å². The average molecular weight is 208 g/mol. The molecular weight excluding hydrogens is 195 g/mol. The summed E-state index contributed by atoms with van der Waals surface area (Å²) in [4.78, 5) is 11.1. The number of carboxylic acid groups (broad SMARTS) is 1. The van der Waals surface area contributed by atoms with Crippen molar-refractivity contribution >= 4 is 5.97 Å². The van der Waals surface area contributed by atoms with Crippen molar-refractivity contribution in [3.8, 4) is 0 Å². The highest BCUT2D eigenvalue weighted by Crippen LogP contribution is 2.42. The number of hydrogen-bond donors (Lipinski definition) is 1. The molecular formula is C12H13FO2. The third kappa shape index (κ3) is 2.01. The van der Waals surface area contributed by atoms with Gasteiger partial charge in [0.15, 0.2) is 0 Å². The number of benzene rings is 1. The Balaban J connectivity index is 2.33. The third-order valence-electron chi connectivity index (χ3n) is 2.90. The Morgan fingerprint density at radius 2 is 2.20 bits per heavy atom. The van der Waals surface area contributed by atoms with Crippen molar-refractivity contribution in [2.45, 2.75) is 25.7 Å². The fraction of sp³-hybridized carbons (Fsp3) is 0.417. The summed E-state index contributed by atoms with van der Waals surface area (Å²) < 4.78 is 13.0. The number of aryl methyl sites for hydroxylation is 1. The van der Waals surface area contributed by atoms with Crippen molar-refractivity contribution < 1.29 is 14.3 Å². The van der Waals surface area contributed by atoms with Gasteiger partial charge in [-0.25, -0.2) is 4.39 Å². The van der Waals surface area contributed by atoms with E-state index in [0.717, 1.165) is 18.4 Å². The van der Waals surface area contributed by atoms with Crippen LogP contribution in [-0.4, -0.2) is 11.1 Å². The topological polar surface area (TPSA) is 37.3 Å². The molecule has 80 valence electrons. The van der Waals surface area contributed by atoms with Crippen LogP contribution in [0.5, 0.6) is 0 Å². The molecule has 1 aliphatic rings. The van der Waals surface area contributed by atoms with E-state index in [1.54, 1.807) is 19.1 Å². The maximum absolute atomic E-state index is 13.0. The van der Waals surface area contributed by atoms with E-state index >= 15 is 0 Å². The number of halogens is 1. The van der Waals surface area contributed by atoms with Gasteiger partial charge in [-0.05, 0) is 42.9 Å². The summed E-state index contributed by atoms with van der Waals surface area (Å²) in [5.74, 6) is -1.29. The molecule has 3 heteroatoms. The lowest BCUT2D eigenvalue weighted by atomic mass is 9.93. The number of rotatable bonds is 3. The number of carbonyl (C=O) groups is 1. The van der Waals surface area contributed by atoms with Crippen LogP contribution >= 0.6 is 0 Å².